The second-order valence-corrected chi connectivity index (χ2v) is 4.10. The molecule has 0 bridgehead atoms. The number of hydrogen-bond donors (Lipinski definition) is 2. The predicted molar refractivity (Wildman–Crippen MR) is 61.2 cm³/mol. The first kappa shape index (κ1) is 14.8. The summed E-state index contributed by atoms with van der Waals surface area (Å²) in [4.78, 5) is 0. The Balaban J connectivity index is 2.99. The molecule has 3 N–H and O–H groups in total. The van der Waals surface area contributed by atoms with E-state index in [9.17, 15) is 18.3 Å². The van der Waals surface area contributed by atoms with E-state index in [1.54, 1.807) is 13.0 Å². The molecule has 1 rings (SSSR count). The Kier molecular flexibility index (Phi) is 4.98. The van der Waals surface area contributed by atoms with Crippen molar-refractivity contribution in [3.05, 3.63) is 29.8 Å². The Morgan fingerprint density at radius 1 is 1.33 bits per heavy atom. The van der Waals surface area contributed by atoms with Gasteiger partial charge in [0.05, 0.1) is 6.10 Å². The Hall–Kier alpha value is -1.27. The summed E-state index contributed by atoms with van der Waals surface area (Å²) in [5.41, 5.74) is 5.90. The smallest absolute Gasteiger partial charge is 0.405 e. The highest BCUT2D eigenvalue weighted by molar-refractivity contribution is 5.36. The number of alkyl halides is 3. The summed E-state index contributed by atoms with van der Waals surface area (Å²) in [6.45, 7) is 1.71. The third-order valence-corrected chi connectivity index (χ3v) is 2.49. The van der Waals surface area contributed by atoms with Crippen LogP contribution in [-0.2, 0) is 0 Å². The normalized spacial score (nSPS) is 15.2. The van der Waals surface area contributed by atoms with Crippen LogP contribution < -0.4 is 10.5 Å². The van der Waals surface area contributed by atoms with E-state index in [0.29, 0.717) is 5.56 Å². The van der Waals surface area contributed by atoms with Gasteiger partial charge in [-0.05, 0) is 31.5 Å². The molecule has 0 aromatic heterocycles. The first-order valence-corrected chi connectivity index (χ1v) is 5.56. The Morgan fingerprint density at radius 3 is 2.44 bits per heavy atom. The summed E-state index contributed by atoms with van der Waals surface area (Å²) < 4.78 is 40.7. The van der Waals surface area contributed by atoms with Crippen LogP contribution in [0.1, 0.15) is 24.8 Å². The van der Waals surface area contributed by atoms with Crippen LogP contribution in [0.4, 0.5) is 13.2 Å². The summed E-state index contributed by atoms with van der Waals surface area (Å²) in [6, 6.07) is 5.85. The van der Waals surface area contributed by atoms with Crippen LogP contribution in [-0.4, -0.2) is 24.1 Å². The molecular formula is C12H16F3NO2. The van der Waals surface area contributed by atoms with Crippen LogP contribution in [0, 0.1) is 0 Å². The molecule has 0 heterocycles. The molecule has 0 radical (unpaired) electrons. The van der Waals surface area contributed by atoms with Crippen LogP contribution in [0.3, 0.4) is 0 Å². The molecule has 2 atom stereocenters. The Bertz CT molecular complexity index is 380. The van der Waals surface area contributed by atoms with Gasteiger partial charge in [0.15, 0.2) is 0 Å². The molecule has 0 spiro atoms. The van der Waals surface area contributed by atoms with Gasteiger partial charge >= 0.3 is 6.36 Å². The van der Waals surface area contributed by atoms with Gasteiger partial charge in [-0.3, -0.25) is 0 Å². The molecule has 0 amide bonds. The van der Waals surface area contributed by atoms with Gasteiger partial charge in [0, 0.05) is 5.92 Å². The summed E-state index contributed by atoms with van der Waals surface area (Å²) >= 11 is 0. The topological polar surface area (TPSA) is 55.5 Å². The van der Waals surface area contributed by atoms with Crippen LogP contribution in [0.5, 0.6) is 5.75 Å². The number of para-hydroxylation sites is 1. The van der Waals surface area contributed by atoms with Gasteiger partial charge in [0.25, 0.3) is 0 Å². The SMILES string of the molecule is CC(O)CC(CN)c1ccccc1OC(F)(F)F. The van der Waals surface area contributed by atoms with Crippen molar-refractivity contribution in [1.29, 1.82) is 0 Å². The minimum absolute atomic E-state index is 0.142. The van der Waals surface area contributed by atoms with Crippen molar-refractivity contribution in [2.24, 2.45) is 5.73 Å². The van der Waals surface area contributed by atoms with E-state index in [2.05, 4.69) is 4.74 Å². The number of nitrogens with two attached hydrogens (primary N) is 1. The first-order valence-electron chi connectivity index (χ1n) is 5.56. The zero-order valence-electron chi connectivity index (χ0n) is 9.95. The summed E-state index contributed by atoms with van der Waals surface area (Å²) in [6.07, 6.45) is -5.09. The minimum atomic E-state index is -4.74. The summed E-state index contributed by atoms with van der Waals surface area (Å²) in [5, 5.41) is 9.32. The second-order valence-electron chi connectivity index (χ2n) is 4.10. The average molecular weight is 263 g/mol. The number of aliphatic hydroxyl groups is 1. The molecule has 6 heteroatoms. The monoisotopic (exact) mass is 263 g/mol. The Labute approximate surface area is 103 Å². The van der Waals surface area contributed by atoms with E-state index in [4.69, 9.17) is 5.73 Å². The standard InChI is InChI=1S/C12H16F3NO2/c1-8(17)6-9(7-16)10-4-2-3-5-11(10)18-12(13,14)15/h2-5,8-9,17H,6-7,16H2,1H3. The molecule has 1 aromatic rings. The molecule has 0 saturated carbocycles. The van der Waals surface area contributed by atoms with Crippen molar-refractivity contribution < 1.29 is 23.0 Å². The van der Waals surface area contributed by atoms with Gasteiger partial charge in [-0.1, -0.05) is 18.2 Å². The van der Waals surface area contributed by atoms with Crippen molar-refractivity contribution in [3.63, 3.8) is 0 Å². The fourth-order valence-electron chi connectivity index (χ4n) is 1.80. The van der Waals surface area contributed by atoms with E-state index >= 15 is 0 Å². The number of ether oxygens (including phenoxy) is 1. The number of rotatable bonds is 5. The van der Waals surface area contributed by atoms with Gasteiger partial charge in [-0.15, -0.1) is 13.2 Å². The third kappa shape index (κ3) is 4.54. The highest BCUT2D eigenvalue weighted by Gasteiger charge is 2.32. The van der Waals surface area contributed by atoms with E-state index in [1.807, 2.05) is 0 Å². The predicted octanol–water partition coefficient (Wildman–Crippen LogP) is 2.40. The average Bonchev–Trinajstić information content (AvgIpc) is 2.24. The number of hydrogen-bond acceptors (Lipinski definition) is 3. The number of aliphatic hydroxyl groups excluding tert-OH is 1. The van der Waals surface area contributed by atoms with Crippen molar-refractivity contribution in [2.45, 2.75) is 31.7 Å². The lowest BCUT2D eigenvalue weighted by Crippen LogP contribution is -2.22. The minimum Gasteiger partial charge on any atom is -0.405 e. The zero-order valence-corrected chi connectivity index (χ0v) is 9.95. The fourth-order valence-corrected chi connectivity index (χ4v) is 1.80. The lowest BCUT2D eigenvalue weighted by molar-refractivity contribution is -0.275. The van der Waals surface area contributed by atoms with E-state index in [1.165, 1.54) is 18.2 Å². The molecule has 102 valence electrons. The number of benzene rings is 1. The van der Waals surface area contributed by atoms with Gasteiger partial charge in [0.1, 0.15) is 5.75 Å². The highest BCUT2D eigenvalue weighted by atomic mass is 19.4. The maximum atomic E-state index is 12.2. The largest absolute Gasteiger partial charge is 0.573 e. The molecular weight excluding hydrogens is 247 g/mol. The molecule has 3 nitrogen and oxygen atoms in total. The van der Waals surface area contributed by atoms with Crippen LogP contribution in [0.25, 0.3) is 0 Å². The molecule has 0 aliphatic heterocycles. The second kappa shape index (κ2) is 6.06. The molecule has 0 saturated heterocycles. The van der Waals surface area contributed by atoms with Crippen LogP contribution in [0.2, 0.25) is 0 Å². The summed E-state index contributed by atoms with van der Waals surface area (Å²) in [7, 11) is 0. The van der Waals surface area contributed by atoms with Crippen LogP contribution >= 0.6 is 0 Å². The maximum absolute atomic E-state index is 12.2. The zero-order chi connectivity index (χ0) is 13.8. The molecule has 2 unspecified atom stereocenters. The van der Waals surface area contributed by atoms with Gasteiger partial charge in [-0.25, -0.2) is 0 Å². The lowest BCUT2D eigenvalue weighted by Gasteiger charge is -2.20. The first-order chi connectivity index (χ1) is 8.33. The summed E-state index contributed by atoms with van der Waals surface area (Å²) in [5.74, 6) is -0.635. The maximum Gasteiger partial charge on any atom is 0.573 e. The quantitative estimate of drug-likeness (QED) is 0.857. The fraction of sp³-hybridized carbons (Fsp3) is 0.500. The molecule has 0 fully saturated rings. The Morgan fingerprint density at radius 2 is 1.94 bits per heavy atom. The van der Waals surface area contributed by atoms with E-state index in [0.717, 1.165) is 0 Å². The van der Waals surface area contributed by atoms with Crippen LogP contribution in [0.15, 0.2) is 24.3 Å². The molecule has 0 aliphatic carbocycles. The molecule has 1 aromatic carbocycles. The highest BCUT2D eigenvalue weighted by Crippen LogP contribution is 2.32. The van der Waals surface area contributed by atoms with Gasteiger partial charge in [0.2, 0.25) is 0 Å². The van der Waals surface area contributed by atoms with E-state index in [-0.39, 0.29) is 24.6 Å². The molecule has 0 aliphatic rings. The third-order valence-electron chi connectivity index (χ3n) is 2.49. The van der Waals surface area contributed by atoms with Gasteiger partial charge < -0.3 is 15.6 Å². The van der Waals surface area contributed by atoms with Gasteiger partial charge in [-0.2, -0.15) is 0 Å². The van der Waals surface area contributed by atoms with Crippen molar-refractivity contribution in [2.75, 3.05) is 6.54 Å². The van der Waals surface area contributed by atoms with Crippen molar-refractivity contribution in [1.82, 2.24) is 0 Å². The lowest BCUT2D eigenvalue weighted by atomic mass is 9.93. The molecule has 18 heavy (non-hydrogen) atoms. The van der Waals surface area contributed by atoms with Crippen molar-refractivity contribution in [3.8, 4) is 5.75 Å². The van der Waals surface area contributed by atoms with E-state index < -0.39 is 12.5 Å². The number of halogens is 3. The van der Waals surface area contributed by atoms with Crippen molar-refractivity contribution >= 4 is 0 Å².